The van der Waals surface area contributed by atoms with Gasteiger partial charge >= 0.3 is 5.97 Å². The minimum atomic E-state index is -1.15. The van der Waals surface area contributed by atoms with Crippen LogP contribution in [0.1, 0.15) is 26.7 Å². The molecule has 0 saturated carbocycles. The first-order valence-corrected chi connectivity index (χ1v) is 5.06. The minimum absolute atomic E-state index is 0.0997. The zero-order valence-corrected chi connectivity index (χ0v) is 9.49. The second-order valence-electron chi connectivity index (χ2n) is 3.34. The summed E-state index contributed by atoms with van der Waals surface area (Å²) in [6.07, 6.45) is 0.231. The average Bonchev–Trinajstić information content (AvgIpc) is 2.20. The van der Waals surface area contributed by atoms with E-state index in [0.717, 1.165) is 0 Å². The SMILES string of the molecule is CCOCC(=O)N[C@H](CCC(C)=O)C(=O)O. The highest BCUT2D eigenvalue weighted by molar-refractivity contribution is 5.85. The normalized spacial score (nSPS) is 11.9. The number of carboxylic acids is 1. The molecule has 0 fully saturated rings. The molecule has 0 heterocycles. The Hall–Kier alpha value is -1.43. The van der Waals surface area contributed by atoms with E-state index in [0.29, 0.717) is 6.61 Å². The average molecular weight is 231 g/mol. The summed E-state index contributed by atoms with van der Waals surface area (Å²) < 4.78 is 4.83. The highest BCUT2D eigenvalue weighted by Gasteiger charge is 2.19. The number of hydrogen-bond donors (Lipinski definition) is 2. The molecule has 0 bridgehead atoms. The Kier molecular flexibility index (Phi) is 7.11. The Labute approximate surface area is 94.0 Å². The van der Waals surface area contributed by atoms with Gasteiger partial charge in [-0.2, -0.15) is 0 Å². The number of Topliss-reactive ketones (excluding diaryl/α,β-unsaturated/α-hetero) is 1. The summed E-state index contributed by atoms with van der Waals surface area (Å²) in [4.78, 5) is 32.6. The van der Waals surface area contributed by atoms with Crippen LogP contribution < -0.4 is 5.32 Å². The predicted octanol–water partition coefficient (Wildman–Crippen LogP) is -0.0385. The zero-order chi connectivity index (χ0) is 12.6. The van der Waals surface area contributed by atoms with Crippen molar-refractivity contribution in [1.29, 1.82) is 0 Å². The number of rotatable bonds is 8. The van der Waals surface area contributed by atoms with Crippen molar-refractivity contribution < 1.29 is 24.2 Å². The van der Waals surface area contributed by atoms with Gasteiger partial charge in [-0.3, -0.25) is 4.79 Å². The molecule has 1 atom stereocenters. The second-order valence-corrected chi connectivity index (χ2v) is 3.34. The fourth-order valence-corrected chi connectivity index (χ4v) is 1.04. The number of aliphatic carboxylic acids is 1. The van der Waals surface area contributed by atoms with Crippen LogP contribution in [0.15, 0.2) is 0 Å². The Morgan fingerprint density at radius 2 is 2.00 bits per heavy atom. The molecule has 0 radical (unpaired) electrons. The largest absolute Gasteiger partial charge is 0.480 e. The quantitative estimate of drug-likeness (QED) is 0.611. The Bertz CT molecular complexity index is 264. The minimum Gasteiger partial charge on any atom is -0.480 e. The Morgan fingerprint density at radius 3 is 2.44 bits per heavy atom. The fourth-order valence-electron chi connectivity index (χ4n) is 1.04. The van der Waals surface area contributed by atoms with Gasteiger partial charge in [-0.15, -0.1) is 0 Å². The van der Waals surface area contributed by atoms with Crippen molar-refractivity contribution in [3.63, 3.8) is 0 Å². The molecule has 0 aromatic heterocycles. The van der Waals surface area contributed by atoms with E-state index in [9.17, 15) is 14.4 Å². The van der Waals surface area contributed by atoms with Gasteiger partial charge in [-0.1, -0.05) is 0 Å². The summed E-state index contributed by atoms with van der Waals surface area (Å²) in [5, 5.41) is 11.1. The smallest absolute Gasteiger partial charge is 0.326 e. The lowest BCUT2D eigenvalue weighted by Gasteiger charge is -2.13. The number of nitrogens with one attached hydrogen (secondary N) is 1. The maximum absolute atomic E-state index is 11.2. The molecule has 0 saturated heterocycles. The third-order valence-corrected chi connectivity index (χ3v) is 1.86. The van der Waals surface area contributed by atoms with E-state index in [1.165, 1.54) is 6.92 Å². The van der Waals surface area contributed by atoms with E-state index < -0.39 is 17.9 Å². The number of ether oxygens (including phenoxy) is 1. The van der Waals surface area contributed by atoms with Gasteiger partial charge in [0.15, 0.2) is 0 Å². The first kappa shape index (κ1) is 14.6. The second kappa shape index (κ2) is 7.81. The maximum Gasteiger partial charge on any atom is 0.326 e. The Balaban J connectivity index is 4.07. The molecule has 0 aromatic rings. The van der Waals surface area contributed by atoms with Gasteiger partial charge in [-0.25, -0.2) is 4.79 Å². The van der Waals surface area contributed by atoms with Crippen LogP contribution in [0.4, 0.5) is 0 Å². The van der Waals surface area contributed by atoms with E-state index in [1.807, 2.05) is 0 Å². The molecule has 0 rings (SSSR count). The molecule has 0 unspecified atom stereocenters. The molecule has 0 spiro atoms. The molecule has 1 amide bonds. The van der Waals surface area contributed by atoms with Crippen molar-refractivity contribution in [2.24, 2.45) is 0 Å². The summed E-state index contributed by atoms with van der Waals surface area (Å²) in [5.41, 5.74) is 0. The van der Waals surface area contributed by atoms with E-state index >= 15 is 0 Å². The standard InChI is InChI=1S/C10H17NO5/c1-3-16-6-9(13)11-8(10(14)15)5-4-7(2)12/h8H,3-6H2,1-2H3,(H,11,13)(H,14,15)/t8-/m1/s1. The van der Waals surface area contributed by atoms with E-state index in [4.69, 9.17) is 9.84 Å². The number of carbonyl (C=O) groups is 3. The summed E-state index contributed by atoms with van der Waals surface area (Å²) in [7, 11) is 0. The van der Waals surface area contributed by atoms with Gasteiger partial charge in [0.25, 0.3) is 0 Å². The van der Waals surface area contributed by atoms with Crippen molar-refractivity contribution in [2.75, 3.05) is 13.2 Å². The van der Waals surface area contributed by atoms with Gasteiger partial charge in [-0.05, 0) is 20.3 Å². The molecule has 0 aliphatic rings. The third kappa shape index (κ3) is 6.94. The first-order valence-electron chi connectivity index (χ1n) is 5.06. The molecular formula is C10H17NO5. The number of ketones is 1. The molecule has 0 aliphatic carbocycles. The molecule has 0 aliphatic heterocycles. The van der Waals surface area contributed by atoms with Crippen LogP contribution in [0.25, 0.3) is 0 Å². The maximum atomic E-state index is 11.2. The van der Waals surface area contributed by atoms with Crippen molar-refractivity contribution >= 4 is 17.7 Å². The summed E-state index contributed by atoms with van der Waals surface area (Å²) in [6.45, 7) is 3.33. The topological polar surface area (TPSA) is 92.7 Å². The van der Waals surface area contributed by atoms with E-state index in [2.05, 4.69) is 5.32 Å². The predicted molar refractivity (Wildman–Crippen MR) is 56.0 cm³/mol. The molecule has 6 nitrogen and oxygen atoms in total. The van der Waals surface area contributed by atoms with Gasteiger partial charge in [0.2, 0.25) is 5.91 Å². The van der Waals surface area contributed by atoms with E-state index in [-0.39, 0.29) is 25.2 Å². The summed E-state index contributed by atoms with van der Waals surface area (Å²) in [6, 6.07) is -1.03. The van der Waals surface area contributed by atoms with Crippen LogP contribution in [-0.2, 0) is 19.1 Å². The highest BCUT2D eigenvalue weighted by Crippen LogP contribution is 1.98. The van der Waals surface area contributed by atoms with Crippen molar-refractivity contribution in [3.8, 4) is 0 Å². The zero-order valence-electron chi connectivity index (χ0n) is 9.49. The molecule has 16 heavy (non-hydrogen) atoms. The monoisotopic (exact) mass is 231 g/mol. The fraction of sp³-hybridized carbons (Fsp3) is 0.700. The van der Waals surface area contributed by atoms with Crippen LogP contribution in [0.2, 0.25) is 0 Å². The highest BCUT2D eigenvalue weighted by atomic mass is 16.5. The lowest BCUT2D eigenvalue weighted by molar-refractivity contribution is -0.142. The number of hydrogen-bond acceptors (Lipinski definition) is 4. The number of carbonyl (C=O) groups excluding carboxylic acids is 2. The molecule has 0 aromatic carbocycles. The van der Waals surface area contributed by atoms with Gasteiger partial charge in [0, 0.05) is 13.0 Å². The first-order chi connectivity index (χ1) is 7.47. The van der Waals surface area contributed by atoms with E-state index in [1.54, 1.807) is 6.92 Å². The summed E-state index contributed by atoms with van der Waals surface area (Å²) in [5.74, 6) is -1.74. The Morgan fingerprint density at radius 1 is 1.38 bits per heavy atom. The van der Waals surface area contributed by atoms with Crippen LogP contribution in [0.3, 0.4) is 0 Å². The van der Waals surface area contributed by atoms with Crippen LogP contribution in [0.5, 0.6) is 0 Å². The molecule has 6 heteroatoms. The molecular weight excluding hydrogens is 214 g/mol. The van der Waals surface area contributed by atoms with Crippen molar-refractivity contribution in [3.05, 3.63) is 0 Å². The molecule has 92 valence electrons. The van der Waals surface area contributed by atoms with Gasteiger partial charge < -0.3 is 20.0 Å². The van der Waals surface area contributed by atoms with Crippen LogP contribution >= 0.6 is 0 Å². The van der Waals surface area contributed by atoms with Gasteiger partial charge in [0.1, 0.15) is 18.4 Å². The lowest BCUT2D eigenvalue weighted by Crippen LogP contribution is -2.42. The van der Waals surface area contributed by atoms with Gasteiger partial charge in [0.05, 0.1) is 0 Å². The van der Waals surface area contributed by atoms with Crippen LogP contribution in [-0.4, -0.2) is 42.0 Å². The molecule has 2 N–H and O–H groups in total. The summed E-state index contributed by atoms with van der Waals surface area (Å²) >= 11 is 0. The van der Waals surface area contributed by atoms with Crippen LogP contribution in [0, 0.1) is 0 Å². The van der Waals surface area contributed by atoms with Crippen molar-refractivity contribution in [1.82, 2.24) is 5.32 Å². The number of amides is 1. The lowest BCUT2D eigenvalue weighted by atomic mass is 10.1. The third-order valence-electron chi connectivity index (χ3n) is 1.86. The van der Waals surface area contributed by atoms with Crippen molar-refractivity contribution in [2.45, 2.75) is 32.7 Å². The number of carboxylic acid groups (broad SMARTS) is 1.